The Hall–Kier alpha value is -3.96. The van der Waals surface area contributed by atoms with Crippen LogP contribution in [-0.2, 0) is 6.42 Å². The van der Waals surface area contributed by atoms with E-state index >= 15 is 0 Å². The number of nitriles is 3. The lowest BCUT2D eigenvalue weighted by molar-refractivity contribution is 0.281. The minimum absolute atomic E-state index is 0.00980. The third-order valence-corrected chi connectivity index (χ3v) is 8.14. The molecule has 0 spiro atoms. The average molecular weight is 635 g/mol. The van der Waals surface area contributed by atoms with Crippen LogP contribution in [0.15, 0.2) is 97.1 Å². The van der Waals surface area contributed by atoms with Crippen molar-refractivity contribution >= 4 is 22.6 Å². The van der Waals surface area contributed by atoms with Crippen molar-refractivity contribution in [2.24, 2.45) is 5.41 Å². The van der Waals surface area contributed by atoms with Crippen molar-refractivity contribution in [1.29, 1.82) is 15.8 Å². The van der Waals surface area contributed by atoms with Crippen molar-refractivity contribution < 1.29 is 0 Å². The molecule has 1 N–H and O–H groups in total. The molecule has 198 valence electrons. The summed E-state index contributed by atoms with van der Waals surface area (Å²) in [6, 6.07) is 39.0. The summed E-state index contributed by atoms with van der Waals surface area (Å²) in [7, 11) is 0. The summed E-state index contributed by atoms with van der Waals surface area (Å²) >= 11 is 2.32. The molecule has 0 aliphatic rings. The Morgan fingerprint density at radius 1 is 0.750 bits per heavy atom. The highest BCUT2D eigenvalue weighted by molar-refractivity contribution is 14.1. The lowest BCUT2D eigenvalue weighted by Gasteiger charge is -2.36. The number of benzene rings is 4. The number of nitrogens with one attached hydrogen (secondary N) is 1. The first kappa shape index (κ1) is 29.0. The largest absolute Gasteiger partial charge is 0.305 e. The molecule has 0 amide bonds. The molecule has 0 aliphatic heterocycles. The molecule has 4 rings (SSSR count). The van der Waals surface area contributed by atoms with Crippen LogP contribution < -0.4 is 5.32 Å². The van der Waals surface area contributed by atoms with Crippen LogP contribution >= 0.6 is 22.6 Å². The second-order valence-corrected chi connectivity index (χ2v) is 12.0. The predicted molar refractivity (Wildman–Crippen MR) is 168 cm³/mol. The van der Waals surface area contributed by atoms with Gasteiger partial charge in [0, 0.05) is 15.5 Å². The smallest absolute Gasteiger partial charge is 0.0991 e. The fraction of sp³-hybridized carbons (Fsp3) is 0.229. The lowest BCUT2D eigenvalue weighted by Crippen LogP contribution is -2.42. The fourth-order valence-corrected chi connectivity index (χ4v) is 5.46. The minimum atomic E-state index is -0.695. The van der Waals surface area contributed by atoms with Gasteiger partial charge in [0.1, 0.15) is 0 Å². The third kappa shape index (κ3) is 6.97. The number of nitrogens with zero attached hydrogens (tertiary/aromatic N) is 3. The highest BCUT2D eigenvalue weighted by atomic mass is 127. The Morgan fingerprint density at radius 3 is 2.05 bits per heavy atom. The van der Waals surface area contributed by atoms with Gasteiger partial charge in [-0.05, 0) is 120 Å². The summed E-state index contributed by atoms with van der Waals surface area (Å²) in [6.07, 6.45) is 0.797. The molecule has 40 heavy (non-hydrogen) atoms. The van der Waals surface area contributed by atoms with E-state index in [0.717, 1.165) is 28.7 Å². The topological polar surface area (TPSA) is 83.4 Å². The van der Waals surface area contributed by atoms with Gasteiger partial charge in [-0.3, -0.25) is 0 Å². The van der Waals surface area contributed by atoms with E-state index in [-0.39, 0.29) is 18.0 Å². The Kier molecular flexibility index (Phi) is 9.38. The van der Waals surface area contributed by atoms with Crippen LogP contribution in [0.2, 0.25) is 0 Å². The quantitative estimate of drug-likeness (QED) is 0.188. The van der Waals surface area contributed by atoms with E-state index in [1.165, 1.54) is 9.13 Å². The van der Waals surface area contributed by atoms with E-state index in [1.54, 1.807) is 0 Å². The van der Waals surface area contributed by atoms with Crippen molar-refractivity contribution in [1.82, 2.24) is 5.32 Å². The Bertz CT molecular complexity index is 1580. The van der Waals surface area contributed by atoms with E-state index < -0.39 is 5.41 Å². The standard InChI is InChI=1S/C35H31IN4/c1-24(33(19-25-12-16-32(36)17-13-25)30-8-4-6-27(18-30)22-38)40-34(35(2,3)23-39)31-9-5-7-29(20-31)28-14-10-26(21-37)11-15-28/h4-18,20,24,33-34,40H,19H2,1-3H3/t24-,33+,34?/m0/s1. The predicted octanol–water partition coefficient (Wildman–Crippen LogP) is 8.30. The van der Waals surface area contributed by atoms with Gasteiger partial charge in [-0.25, -0.2) is 0 Å². The van der Waals surface area contributed by atoms with Crippen LogP contribution in [0.25, 0.3) is 11.1 Å². The van der Waals surface area contributed by atoms with Gasteiger partial charge >= 0.3 is 0 Å². The van der Waals surface area contributed by atoms with Gasteiger partial charge in [-0.15, -0.1) is 0 Å². The van der Waals surface area contributed by atoms with Crippen LogP contribution in [0.5, 0.6) is 0 Å². The van der Waals surface area contributed by atoms with Gasteiger partial charge in [0.2, 0.25) is 0 Å². The molecule has 4 aromatic carbocycles. The molecule has 0 fully saturated rings. The van der Waals surface area contributed by atoms with Gasteiger partial charge in [0.25, 0.3) is 0 Å². The SMILES string of the molecule is C[C@H](NC(c1cccc(-c2ccc(C#N)cc2)c1)C(C)(C)C#N)[C@@H](Cc1ccc(I)cc1)c1cccc(C#N)c1. The maximum absolute atomic E-state index is 10.2. The Balaban J connectivity index is 1.71. The van der Waals surface area contributed by atoms with E-state index in [9.17, 15) is 15.8 Å². The zero-order chi connectivity index (χ0) is 28.7. The first-order valence-electron chi connectivity index (χ1n) is 13.3. The molecule has 0 saturated heterocycles. The fourth-order valence-electron chi connectivity index (χ4n) is 5.10. The Labute approximate surface area is 251 Å². The summed E-state index contributed by atoms with van der Waals surface area (Å²) in [6.45, 7) is 6.10. The second-order valence-electron chi connectivity index (χ2n) is 10.7. The first-order chi connectivity index (χ1) is 19.2. The van der Waals surface area contributed by atoms with Crippen molar-refractivity contribution in [2.75, 3.05) is 0 Å². The zero-order valence-electron chi connectivity index (χ0n) is 22.9. The van der Waals surface area contributed by atoms with Crippen LogP contribution in [0.3, 0.4) is 0 Å². The lowest BCUT2D eigenvalue weighted by atomic mass is 9.79. The Morgan fingerprint density at radius 2 is 1.40 bits per heavy atom. The molecule has 5 heteroatoms. The molecule has 0 heterocycles. The summed E-state index contributed by atoms with van der Waals surface area (Å²) in [5, 5.41) is 32.8. The van der Waals surface area contributed by atoms with Crippen LogP contribution in [0.4, 0.5) is 0 Å². The number of rotatable bonds is 9. The molecule has 3 atom stereocenters. The number of halogens is 1. The minimum Gasteiger partial charge on any atom is -0.305 e. The molecule has 0 aromatic heterocycles. The zero-order valence-corrected chi connectivity index (χ0v) is 25.1. The van der Waals surface area contributed by atoms with E-state index in [1.807, 2.05) is 62.4 Å². The summed E-state index contributed by atoms with van der Waals surface area (Å²) in [5.41, 5.74) is 5.97. The summed E-state index contributed by atoms with van der Waals surface area (Å²) in [4.78, 5) is 0. The van der Waals surface area contributed by atoms with Crippen LogP contribution in [0, 0.1) is 43.0 Å². The molecule has 0 bridgehead atoms. The maximum Gasteiger partial charge on any atom is 0.0991 e. The summed E-state index contributed by atoms with van der Waals surface area (Å²) in [5.74, 6) is 0.0760. The molecular formula is C35H31IN4. The molecule has 4 aromatic rings. The average Bonchev–Trinajstić information content (AvgIpc) is 2.99. The molecule has 0 saturated carbocycles. The van der Waals surface area contributed by atoms with Crippen molar-refractivity contribution in [3.05, 3.63) is 128 Å². The van der Waals surface area contributed by atoms with Gasteiger partial charge in [-0.1, -0.05) is 54.6 Å². The second kappa shape index (κ2) is 12.9. The molecule has 4 nitrogen and oxygen atoms in total. The summed E-state index contributed by atoms with van der Waals surface area (Å²) < 4.78 is 1.19. The normalized spacial score (nSPS) is 13.3. The third-order valence-electron chi connectivity index (χ3n) is 7.42. The maximum atomic E-state index is 10.2. The van der Waals surface area contributed by atoms with E-state index in [4.69, 9.17) is 0 Å². The van der Waals surface area contributed by atoms with Crippen LogP contribution in [-0.4, -0.2) is 6.04 Å². The van der Waals surface area contributed by atoms with Gasteiger partial charge in [0.05, 0.1) is 40.8 Å². The van der Waals surface area contributed by atoms with Gasteiger partial charge in [-0.2, -0.15) is 15.8 Å². The molecular weight excluding hydrogens is 603 g/mol. The van der Waals surface area contributed by atoms with E-state index in [2.05, 4.69) is 102 Å². The van der Waals surface area contributed by atoms with Crippen LogP contribution in [0.1, 0.15) is 60.5 Å². The highest BCUT2D eigenvalue weighted by Crippen LogP contribution is 2.37. The van der Waals surface area contributed by atoms with Crippen molar-refractivity contribution in [2.45, 2.75) is 45.2 Å². The highest BCUT2D eigenvalue weighted by Gasteiger charge is 2.34. The van der Waals surface area contributed by atoms with Crippen molar-refractivity contribution in [3.63, 3.8) is 0 Å². The van der Waals surface area contributed by atoms with Gasteiger partial charge in [0.15, 0.2) is 0 Å². The number of hydrogen-bond acceptors (Lipinski definition) is 4. The molecule has 0 radical (unpaired) electrons. The first-order valence-corrected chi connectivity index (χ1v) is 14.3. The molecule has 1 unspecified atom stereocenters. The monoisotopic (exact) mass is 634 g/mol. The van der Waals surface area contributed by atoms with Gasteiger partial charge < -0.3 is 5.32 Å². The van der Waals surface area contributed by atoms with E-state index in [0.29, 0.717) is 11.1 Å². The number of hydrogen-bond donors (Lipinski definition) is 1. The molecule has 0 aliphatic carbocycles. The van der Waals surface area contributed by atoms with Crippen molar-refractivity contribution in [3.8, 4) is 29.3 Å².